The fraction of sp³-hybridized carbons (Fsp3) is 0.273. The molecule has 3 rings (SSSR count). The van der Waals surface area contributed by atoms with Gasteiger partial charge in [-0.2, -0.15) is 0 Å². The van der Waals surface area contributed by atoms with Gasteiger partial charge in [-0.25, -0.2) is 9.37 Å². The molecule has 0 amide bonds. The Hall–Kier alpha value is -3.15. The maximum atomic E-state index is 13.9. The lowest BCUT2D eigenvalue weighted by Gasteiger charge is -2.12. The first kappa shape index (κ1) is 19.6. The molecule has 5 nitrogen and oxygen atoms in total. The molecule has 0 saturated carbocycles. The smallest absolute Gasteiger partial charge is 0.165 e. The molecule has 0 unspecified atom stereocenters. The summed E-state index contributed by atoms with van der Waals surface area (Å²) < 4.78 is 13.9. The number of hydrogen-bond acceptors (Lipinski definition) is 4. The van der Waals surface area contributed by atoms with Gasteiger partial charge in [0.05, 0.1) is 5.69 Å². The number of aromatic hydroxyl groups is 1. The van der Waals surface area contributed by atoms with Crippen LogP contribution >= 0.6 is 0 Å². The van der Waals surface area contributed by atoms with E-state index in [1.807, 2.05) is 26.8 Å². The van der Waals surface area contributed by atoms with Crippen molar-refractivity contribution in [2.75, 3.05) is 5.73 Å². The Labute approximate surface area is 164 Å². The van der Waals surface area contributed by atoms with E-state index in [0.29, 0.717) is 29.1 Å². The van der Waals surface area contributed by atoms with E-state index in [0.717, 1.165) is 35.4 Å². The number of phenolic OH excluding ortho intramolecular Hbond substituents is 1. The number of H-pyrrole nitrogens is 1. The van der Waals surface area contributed by atoms with Crippen molar-refractivity contribution in [3.63, 3.8) is 0 Å². The van der Waals surface area contributed by atoms with Crippen LogP contribution in [0.15, 0.2) is 30.3 Å². The Morgan fingerprint density at radius 3 is 2.46 bits per heavy atom. The first-order valence-electron chi connectivity index (χ1n) is 9.47. The van der Waals surface area contributed by atoms with Crippen molar-refractivity contribution in [2.24, 2.45) is 0 Å². The maximum absolute atomic E-state index is 13.9. The topological polar surface area (TPSA) is 98.8 Å². The van der Waals surface area contributed by atoms with Gasteiger partial charge < -0.3 is 15.8 Å². The molecule has 0 bridgehead atoms. The highest BCUT2D eigenvalue weighted by Gasteiger charge is 2.17. The fourth-order valence-corrected chi connectivity index (χ4v) is 3.40. The van der Waals surface area contributed by atoms with Crippen molar-refractivity contribution in [1.29, 1.82) is 5.41 Å². The Morgan fingerprint density at radius 1 is 1.14 bits per heavy atom. The molecule has 6 heteroatoms. The van der Waals surface area contributed by atoms with Crippen LogP contribution in [-0.4, -0.2) is 20.8 Å². The first-order chi connectivity index (χ1) is 13.4. The third kappa shape index (κ3) is 3.50. The van der Waals surface area contributed by atoms with Crippen LogP contribution in [0.2, 0.25) is 0 Å². The number of phenols is 1. The van der Waals surface area contributed by atoms with Crippen LogP contribution in [0.4, 0.5) is 10.1 Å². The predicted molar refractivity (Wildman–Crippen MR) is 111 cm³/mol. The van der Waals surface area contributed by atoms with E-state index < -0.39 is 5.82 Å². The van der Waals surface area contributed by atoms with Gasteiger partial charge in [0.2, 0.25) is 0 Å². The second kappa shape index (κ2) is 7.84. The third-order valence-electron chi connectivity index (χ3n) is 4.98. The van der Waals surface area contributed by atoms with E-state index in [1.165, 1.54) is 12.1 Å². The molecule has 1 aromatic heterocycles. The normalized spacial score (nSPS) is 11.0. The molecule has 1 heterocycles. The number of aromatic amines is 1. The van der Waals surface area contributed by atoms with Gasteiger partial charge in [-0.1, -0.05) is 32.9 Å². The summed E-state index contributed by atoms with van der Waals surface area (Å²) in [6.07, 6.45) is 2.27. The molecule has 146 valence electrons. The number of nitrogens with one attached hydrogen (secondary N) is 2. The van der Waals surface area contributed by atoms with Gasteiger partial charge in [-0.3, -0.25) is 5.41 Å². The predicted octanol–water partition coefficient (Wildman–Crippen LogP) is 4.61. The Kier molecular flexibility index (Phi) is 5.49. The van der Waals surface area contributed by atoms with Crippen molar-refractivity contribution in [1.82, 2.24) is 9.97 Å². The molecule has 0 aliphatic carbocycles. The van der Waals surface area contributed by atoms with Gasteiger partial charge in [0, 0.05) is 16.9 Å². The lowest BCUT2D eigenvalue weighted by molar-refractivity contribution is 0.432. The van der Waals surface area contributed by atoms with Crippen LogP contribution < -0.4 is 5.73 Å². The zero-order valence-electron chi connectivity index (χ0n) is 16.4. The minimum absolute atomic E-state index is 0.228. The third-order valence-corrected chi connectivity index (χ3v) is 4.98. The van der Waals surface area contributed by atoms with Crippen LogP contribution in [0.5, 0.6) is 5.75 Å². The highest BCUT2D eigenvalue weighted by atomic mass is 19.1. The van der Waals surface area contributed by atoms with E-state index in [2.05, 4.69) is 9.97 Å². The standard InChI is InChI=1S/C22H25FN4O/c1-4-12-10-20(28)16(23)11-15(12)13-7-8-14(17(24)9-13)21(25)22-26-18(5-2)19(6-3)27-22/h7-11,25,28H,4-6,24H2,1-3H3,(H,26,27). The summed E-state index contributed by atoms with van der Waals surface area (Å²) in [6, 6.07) is 8.07. The Balaban J connectivity index is 2.00. The Bertz CT molecular complexity index is 1020. The molecule has 0 fully saturated rings. The van der Waals surface area contributed by atoms with E-state index >= 15 is 0 Å². The second-order valence-corrected chi connectivity index (χ2v) is 6.71. The van der Waals surface area contributed by atoms with Crippen molar-refractivity contribution < 1.29 is 9.50 Å². The number of rotatable bonds is 6. The summed E-state index contributed by atoms with van der Waals surface area (Å²) in [4.78, 5) is 7.75. The lowest BCUT2D eigenvalue weighted by atomic mass is 9.95. The number of aromatic nitrogens is 2. The number of anilines is 1. The quantitative estimate of drug-likeness (QED) is 0.371. The van der Waals surface area contributed by atoms with E-state index in [9.17, 15) is 9.50 Å². The number of benzene rings is 2. The molecular weight excluding hydrogens is 355 g/mol. The Morgan fingerprint density at radius 2 is 1.89 bits per heavy atom. The molecular formula is C22H25FN4O. The molecule has 3 aromatic rings. The maximum Gasteiger partial charge on any atom is 0.165 e. The highest BCUT2D eigenvalue weighted by molar-refractivity contribution is 6.12. The largest absolute Gasteiger partial charge is 0.505 e. The minimum atomic E-state index is -0.669. The summed E-state index contributed by atoms with van der Waals surface area (Å²) in [5.41, 5.74) is 11.7. The molecule has 0 aliphatic rings. The fourth-order valence-electron chi connectivity index (χ4n) is 3.40. The summed E-state index contributed by atoms with van der Waals surface area (Å²) >= 11 is 0. The van der Waals surface area contributed by atoms with Crippen LogP contribution in [0.25, 0.3) is 11.1 Å². The van der Waals surface area contributed by atoms with E-state index in [4.69, 9.17) is 11.1 Å². The van der Waals surface area contributed by atoms with E-state index in [1.54, 1.807) is 12.1 Å². The average molecular weight is 380 g/mol. The molecule has 0 atom stereocenters. The zero-order valence-corrected chi connectivity index (χ0v) is 16.4. The van der Waals surface area contributed by atoms with Crippen LogP contribution in [-0.2, 0) is 19.3 Å². The molecule has 0 saturated heterocycles. The molecule has 0 radical (unpaired) electrons. The van der Waals surface area contributed by atoms with Gasteiger partial charge in [0.25, 0.3) is 0 Å². The summed E-state index contributed by atoms with van der Waals surface area (Å²) in [5, 5.41) is 18.1. The van der Waals surface area contributed by atoms with Crippen LogP contribution in [0.3, 0.4) is 0 Å². The number of imidazole rings is 1. The number of nitrogen functional groups attached to an aromatic ring is 1. The molecule has 2 aromatic carbocycles. The average Bonchev–Trinajstić information content (AvgIpc) is 3.12. The zero-order chi connectivity index (χ0) is 20.4. The van der Waals surface area contributed by atoms with Crippen LogP contribution in [0.1, 0.15) is 49.1 Å². The van der Waals surface area contributed by atoms with Gasteiger partial charge in [0.15, 0.2) is 17.4 Å². The van der Waals surface area contributed by atoms with Crippen molar-refractivity contribution in [2.45, 2.75) is 40.0 Å². The molecule has 0 spiro atoms. The lowest BCUT2D eigenvalue weighted by Crippen LogP contribution is -2.08. The van der Waals surface area contributed by atoms with Gasteiger partial charge in [-0.15, -0.1) is 0 Å². The number of hydrogen-bond donors (Lipinski definition) is 4. The second-order valence-electron chi connectivity index (χ2n) is 6.71. The summed E-state index contributed by atoms with van der Waals surface area (Å²) in [5.74, 6) is -0.529. The SMILES string of the molecule is CCc1cc(O)c(F)cc1-c1ccc(C(=N)c2nc(CC)c(CC)[nH]2)c(N)c1. The monoisotopic (exact) mass is 380 g/mol. The van der Waals surface area contributed by atoms with Crippen molar-refractivity contribution in [3.8, 4) is 16.9 Å². The number of halogens is 1. The van der Waals surface area contributed by atoms with Gasteiger partial charge >= 0.3 is 0 Å². The molecule has 0 aliphatic heterocycles. The van der Waals surface area contributed by atoms with Gasteiger partial charge in [-0.05, 0) is 54.2 Å². The first-order valence-corrected chi connectivity index (χ1v) is 9.47. The van der Waals surface area contributed by atoms with Crippen molar-refractivity contribution >= 4 is 11.4 Å². The highest BCUT2D eigenvalue weighted by Crippen LogP contribution is 2.32. The van der Waals surface area contributed by atoms with Crippen LogP contribution in [0, 0.1) is 11.2 Å². The summed E-state index contributed by atoms with van der Waals surface area (Å²) in [7, 11) is 0. The number of nitrogens with zero attached hydrogens (tertiary/aromatic N) is 1. The molecule has 28 heavy (non-hydrogen) atoms. The van der Waals surface area contributed by atoms with E-state index in [-0.39, 0.29) is 11.5 Å². The molecule has 5 N–H and O–H groups in total. The number of aryl methyl sites for hydroxylation is 3. The number of nitrogens with two attached hydrogens (primary N) is 1. The summed E-state index contributed by atoms with van der Waals surface area (Å²) in [6.45, 7) is 6.02. The van der Waals surface area contributed by atoms with Gasteiger partial charge in [0.1, 0.15) is 5.71 Å². The van der Waals surface area contributed by atoms with Crippen molar-refractivity contribution in [3.05, 3.63) is 64.5 Å². The minimum Gasteiger partial charge on any atom is -0.505 e.